The van der Waals surface area contributed by atoms with Gasteiger partial charge in [0.2, 0.25) is 5.91 Å². The van der Waals surface area contributed by atoms with Crippen LogP contribution in [0.3, 0.4) is 0 Å². The molecule has 4 N–H and O–H groups in total. The van der Waals surface area contributed by atoms with Crippen molar-refractivity contribution in [2.75, 3.05) is 13.7 Å². The number of rotatable bonds is 6. The third-order valence-corrected chi connectivity index (χ3v) is 5.34. The van der Waals surface area contributed by atoms with E-state index in [0.717, 1.165) is 40.9 Å². The van der Waals surface area contributed by atoms with Crippen LogP contribution >= 0.6 is 12.2 Å². The highest BCUT2D eigenvalue weighted by Crippen LogP contribution is 2.26. The highest BCUT2D eigenvalue weighted by molar-refractivity contribution is 7.80. The molecule has 0 atom stereocenters. The van der Waals surface area contributed by atoms with Gasteiger partial charge in [-0.2, -0.15) is 0 Å². The molecule has 0 saturated heterocycles. The third-order valence-electron chi connectivity index (χ3n) is 5.10. The van der Waals surface area contributed by atoms with Crippen LogP contribution in [0.2, 0.25) is 0 Å². The first-order chi connectivity index (χ1) is 13.6. The van der Waals surface area contributed by atoms with E-state index in [2.05, 4.69) is 27.2 Å². The number of thiocarbonyl (C=S) groups is 1. The first kappa shape index (κ1) is 20.2. The molecule has 28 heavy (non-hydrogen) atoms. The summed E-state index contributed by atoms with van der Waals surface area (Å²) >= 11 is 5.24. The molecule has 0 fully saturated rings. The number of hydrazine groups is 1. The summed E-state index contributed by atoms with van der Waals surface area (Å²) in [5.74, 6) is 0.621. The molecule has 3 rings (SSSR count). The average molecular weight is 401 g/mol. The minimum Gasteiger partial charge on any atom is -0.497 e. The number of carbonyl (C=O) groups excluding carboxylic acids is 1. The molecule has 1 heterocycles. The Morgan fingerprint density at radius 3 is 2.89 bits per heavy atom. The van der Waals surface area contributed by atoms with Crippen molar-refractivity contribution >= 4 is 34.1 Å². The number of benzene rings is 1. The van der Waals surface area contributed by atoms with Crippen LogP contribution in [0.4, 0.5) is 0 Å². The minimum atomic E-state index is -0.147. The highest BCUT2D eigenvalue weighted by atomic mass is 32.1. The molecule has 0 bridgehead atoms. The molecule has 0 saturated carbocycles. The maximum absolute atomic E-state index is 12.4. The number of methoxy groups -OCH3 is 1. The first-order valence-electron chi connectivity index (χ1n) is 9.72. The number of aromatic nitrogens is 1. The van der Waals surface area contributed by atoms with Gasteiger partial charge in [0.05, 0.1) is 13.5 Å². The van der Waals surface area contributed by atoms with Crippen molar-refractivity contribution in [3.8, 4) is 5.75 Å². The van der Waals surface area contributed by atoms with Gasteiger partial charge in [-0.3, -0.25) is 15.6 Å². The van der Waals surface area contributed by atoms with Crippen molar-refractivity contribution in [1.29, 1.82) is 0 Å². The number of hydrogen-bond acceptors (Lipinski definition) is 3. The van der Waals surface area contributed by atoms with Crippen LogP contribution in [0.5, 0.6) is 5.75 Å². The zero-order chi connectivity index (χ0) is 19.9. The SMILES string of the molecule is COc1ccc2[nH]c(C)c(CC(=O)NNC(=S)NCCC3=CCCCC3)c2c1. The lowest BCUT2D eigenvalue weighted by Gasteiger charge is -2.15. The van der Waals surface area contributed by atoms with E-state index < -0.39 is 0 Å². The molecular weight excluding hydrogens is 372 g/mol. The number of nitrogens with one attached hydrogen (secondary N) is 4. The van der Waals surface area contributed by atoms with Gasteiger partial charge in [-0.1, -0.05) is 11.6 Å². The van der Waals surface area contributed by atoms with Gasteiger partial charge in [-0.15, -0.1) is 0 Å². The predicted molar refractivity (Wildman–Crippen MR) is 116 cm³/mol. The van der Waals surface area contributed by atoms with Gasteiger partial charge in [0.15, 0.2) is 5.11 Å². The zero-order valence-electron chi connectivity index (χ0n) is 16.5. The van der Waals surface area contributed by atoms with Crippen LogP contribution in [0.25, 0.3) is 10.9 Å². The van der Waals surface area contributed by atoms with Gasteiger partial charge >= 0.3 is 0 Å². The molecular formula is C21H28N4O2S. The molecule has 0 aliphatic heterocycles. The Morgan fingerprint density at radius 1 is 1.29 bits per heavy atom. The summed E-state index contributed by atoms with van der Waals surface area (Å²) in [6.45, 7) is 2.74. The molecule has 1 aliphatic rings. The van der Waals surface area contributed by atoms with Crippen molar-refractivity contribution in [3.05, 3.63) is 41.1 Å². The number of fused-ring (bicyclic) bond motifs is 1. The lowest BCUT2D eigenvalue weighted by atomic mass is 9.97. The van der Waals surface area contributed by atoms with Crippen LogP contribution in [0, 0.1) is 6.92 Å². The van der Waals surface area contributed by atoms with Gasteiger partial charge in [-0.25, -0.2) is 0 Å². The number of aromatic amines is 1. The monoisotopic (exact) mass is 400 g/mol. The zero-order valence-corrected chi connectivity index (χ0v) is 17.3. The summed E-state index contributed by atoms with van der Waals surface area (Å²) in [7, 11) is 1.63. The second-order valence-corrected chi connectivity index (χ2v) is 7.51. The molecule has 1 aromatic carbocycles. The Kier molecular flexibility index (Phi) is 6.92. The summed E-state index contributed by atoms with van der Waals surface area (Å²) in [5.41, 5.74) is 9.88. The van der Waals surface area contributed by atoms with Crippen LogP contribution in [-0.2, 0) is 11.2 Å². The van der Waals surface area contributed by atoms with E-state index in [9.17, 15) is 4.79 Å². The molecule has 1 amide bonds. The average Bonchev–Trinajstić information content (AvgIpc) is 3.01. The van der Waals surface area contributed by atoms with Crippen LogP contribution in [-0.4, -0.2) is 29.7 Å². The number of H-pyrrole nitrogens is 1. The molecule has 1 aromatic heterocycles. The van der Waals surface area contributed by atoms with Crippen LogP contribution in [0.1, 0.15) is 43.4 Å². The number of ether oxygens (including phenoxy) is 1. The number of hydrogen-bond donors (Lipinski definition) is 4. The van der Waals surface area contributed by atoms with Crippen molar-refractivity contribution in [2.45, 2.75) is 45.4 Å². The van der Waals surface area contributed by atoms with Gasteiger partial charge in [0.25, 0.3) is 0 Å². The summed E-state index contributed by atoms with van der Waals surface area (Å²) in [4.78, 5) is 15.7. The van der Waals surface area contributed by atoms with E-state index >= 15 is 0 Å². The number of aryl methyl sites for hydroxylation is 1. The first-order valence-corrected chi connectivity index (χ1v) is 10.1. The fourth-order valence-corrected chi connectivity index (χ4v) is 3.71. The molecule has 150 valence electrons. The standard InChI is InChI=1S/C21H28N4O2S/c1-14-17(18-12-16(27-2)8-9-19(18)23-14)13-20(26)24-25-21(28)22-11-10-15-6-4-3-5-7-15/h6,8-9,12,23H,3-5,7,10-11,13H2,1-2H3,(H,24,26)(H2,22,25,28). The van der Waals surface area contributed by atoms with Crippen LogP contribution < -0.4 is 20.9 Å². The van der Waals surface area contributed by atoms with Gasteiger partial charge in [0.1, 0.15) is 5.75 Å². The van der Waals surface area contributed by atoms with E-state index in [1.54, 1.807) is 7.11 Å². The number of amides is 1. The quantitative estimate of drug-likeness (QED) is 0.340. The topological polar surface area (TPSA) is 78.2 Å². The van der Waals surface area contributed by atoms with Gasteiger partial charge in [0, 0.05) is 23.1 Å². The van der Waals surface area contributed by atoms with Gasteiger partial charge in [-0.05, 0) is 75.0 Å². The lowest BCUT2D eigenvalue weighted by molar-refractivity contribution is -0.121. The molecule has 1 aliphatic carbocycles. The fourth-order valence-electron chi connectivity index (χ4n) is 3.56. The minimum absolute atomic E-state index is 0.147. The summed E-state index contributed by atoms with van der Waals surface area (Å²) < 4.78 is 5.30. The summed E-state index contributed by atoms with van der Waals surface area (Å²) in [6.07, 6.45) is 8.53. The highest BCUT2D eigenvalue weighted by Gasteiger charge is 2.13. The van der Waals surface area contributed by atoms with E-state index in [0.29, 0.717) is 5.11 Å². The Morgan fingerprint density at radius 2 is 2.14 bits per heavy atom. The molecule has 6 nitrogen and oxygen atoms in total. The van der Waals surface area contributed by atoms with Crippen LogP contribution in [0.15, 0.2) is 29.8 Å². The third kappa shape index (κ3) is 5.25. The van der Waals surface area contributed by atoms with Crippen molar-refractivity contribution in [2.24, 2.45) is 0 Å². The Bertz CT molecular complexity index is 888. The lowest BCUT2D eigenvalue weighted by Crippen LogP contribution is -2.47. The van der Waals surface area contributed by atoms with Crippen molar-refractivity contribution in [1.82, 2.24) is 21.2 Å². The van der Waals surface area contributed by atoms with E-state index in [1.165, 1.54) is 31.3 Å². The normalized spacial score (nSPS) is 13.7. The Labute approximate surface area is 171 Å². The molecule has 7 heteroatoms. The van der Waals surface area contributed by atoms with E-state index in [1.807, 2.05) is 25.1 Å². The van der Waals surface area contributed by atoms with E-state index in [4.69, 9.17) is 17.0 Å². The summed E-state index contributed by atoms with van der Waals surface area (Å²) in [6, 6.07) is 5.81. The maximum Gasteiger partial charge on any atom is 0.242 e. The molecule has 2 aromatic rings. The predicted octanol–water partition coefficient (Wildman–Crippen LogP) is 3.41. The number of allylic oxidation sites excluding steroid dienone is 1. The van der Waals surface area contributed by atoms with Crippen molar-refractivity contribution in [3.63, 3.8) is 0 Å². The number of carbonyl (C=O) groups is 1. The molecule has 0 radical (unpaired) electrons. The summed E-state index contributed by atoms with van der Waals surface area (Å²) in [5, 5.41) is 4.57. The molecule has 0 unspecified atom stereocenters. The van der Waals surface area contributed by atoms with Gasteiger partial charge < -0.3 is 15.0 Å². The Balaban J connectivity index is 1.47. The Hall–Kier alpha value is -2.54. The smallest absolute Gasteiger partial charge is 0.242 e. The second-order valence-electron chi connectivity index (χ2n) is 7.10. The largest absolute Gasteiger partial charge is 0.497 e. The van der Waals surface area contributed by atoms with E-state index in [-0.39, 0.29) is 12.3 Å². The maximum atomic E-state index is 12.4. The van der Waals surface area contributed by atoms with Crippen molar-refractivity contribution < 1.29 is 9.53 Å². The second kappa shape index (κ2) is 9.59. The fraction of sp³-hybridized carbons (Fsp3) is 0.429. The molecule has 0 spiro atoms.